The van der Waals surface area contributed by atoms with Gasteiger partial charge in [0, 0.05) is 23.1 Å². The van der Waals surface area contributed by atoms with E-state index in [0.717, 1.165) is 22.9 Å². The third-order valence-corrected chi connectivity index (χ3v) is 3.88. The van der Waals surface area contributed by atoms with Gasteiger partial charge in [-0.15, -0.1) is 0 Å². The van der Waals surface area contributed by atoms with Crippen molar-refractivity contribution in [2.24, 2.45) is 0 Å². The molecule has 3 rings (SSSR count). The lowest BCUT2D eigenvalue weighted by atomic mass is 9.99. The largest absolute Gasteiger partial charge is 0.288 e. The molecule has 0 aliphatic rings. The fraction of sp³-hybridized carbons (Fsp3) is 0.294. The van der Waals surface area contributed by atoms with Crippen molar-refractivity contribution < 1.29 is 0 Å². The summed E-state index contributed by atoms with van der Waals surface area (Å²) in [6, 6.07) is 6.51. The molecule has 102 valence electrons. The molecule has 3 aromatic rings. The highest BCUT2D eigenvalue weighted by Gasteiger charge is 2.10. The van der Waals surface area contributed by atoms with Gasteiger partial charge in [-0.2, -0.15) is 0 Å². The van der Waals surface area contributed by atoms with Crippen LogP contribution < -0.4 is 0 Å². The molecule has 0 unspecified atom stereocenters. The molecule has 20 heavy (non-hydrogen) atoms. The topological polar surface area (TPSA) is 30.2 Å². The fourth-order valence-electron chi connectivity index (χ4n) is 2.64. The van der Waals surface area contributed by atoms with Gasteiger partial charge in [0.1, 0.15) is 0 Å². The van der Waals surface area contributed by atoms with Gasteiger partial charge in [-0.25, -0.2) is 9.97 Å². The Bertz CT molecular complexity index is 813. The SMILES string of the molecule is Cc1cc(C)n2cc(-c3cc(C)c(C)cc3C)nc2n1. The van der Waals surface area contributed by atoms with Crippen LogP contribution in [0.5, 0.6) is 0 Å². The quantitative estimate of drug-likeness (QED) is 0.667. The van der Waals surface area contributed by atoms with Crippen molar-refractivity contribution in [3.63, 3.8) is 0 Å². The second kappa shape index (κ2) is 4.44. The van der Waals surface area contributed by atoms with Crippen LogP contribution in [0.3, 0.4) is 0 Å². The number of fused-ring (bicyclic) bond motifs is 1. The predicted octanol–water partition coefficient (Wildman–Crippen LogP) is 3.94. The maximum atomic E-state index is 4.69. The van der Waals surface area contributed by atoms with Crippen LogP contribution in [0.2, 0.25) is 0 Å². The van der Waals surface area contributed by atoms with Crippen LogP contribution in [0.1, 0.15) is 28.1 Å². The summed E-state index contributed by atoms with van der Waals surface area (Å²) in [4.78, 5) is 9.19. The molecule has 2 aromatic heterocycles. The molecule has 0 aliphatic heterocycles. The third kappa shape index (κ3) is 1.99. The average molecular weight is 265 g/mol. The average Bonchev–Trinajstić information content (AvgIpc) is 2.77. The standard InChI is InChI=1S/C17H19N3/c1-10-6-12(3)15(7-11(10)2)16-9-20-14(5)8-13(4)18-17(20)19-16/h6-9H,1-5H3. The summed E-state index contributed by atoms with van der Waals surface area (Å²) >= 11 is 0. The van der Waals surface area contributed by atoms with Crippen LogP contribution in [-0.2, 0) is 0 Å². The highest BCUT2D eigenvalue weighted by atomic mass is 15.1. The number of aryl methyl sites for hydroxylation is 5. The molecular formula is C17H19N3. The van der Waals surface area contributed by atoms with Crippen LogP contribution in [0.15, 0.2) is 24.4 Å². The van der Waals surface area contributed by atoms with E-state index in [1.165, 1.54) is 22.3 Å². The maximum Gasteiger partial charge on any atom is 0.234 e. The predicted molar refractivity (Wildman–Crippen MR) is 82.1 cm³/mol. The summed E-state index contributed by atoms with van der Waals surface area (Å²) in [7, 11) is 0. The van der Waals surface area contributed by atoms with Crippen LogP contribution in [0.25, 0.3) is 17.0 Å². The summed E-state index contributed by atoms with van der Waals surface area (Å²) in [5, 5.41) is 0. The Hall–Kier alpha value is -2.16. The summed E-state index contributed by atoms with van der Waals surface area (Å²) < 4.78 is 2.05. The summed E-state index contributed by atoms with van der Waals surface area (Å²) in [5.74, 6) is 0.773. The lowest BCUT2D eigenvalue weighted by Crippen LogP contribution is -1.94. The highest BCUT2D eigenvalue weighted by Crippen LogP contribution is 2.26. The second-order valence-corrected chi connectivity index (χ2v) is 5.59. The Morgan fingerprint density at radius 3 is 2.25 bits per heavy atom. The molecule has 0 amide bonds. The van der Waals surface area contributed by atoms with Gasteiger partial charge in [-0.05, 0) is 63.4 Å². The lowest BCUT2D eigenvalue weighted by Gasteiger charge is -2.07. The van der Waals surface area contributed by atoms with Gasteiger partial charge in [0.05, 0.1) is 5.69 Å². The number of benzene rings is 1. The summed E-state index contributed by atoms with van der Waals surface area (Å²) in [5.41, 5.74) is 8.22. The Morgan fingerprint density at radius 1 is 0.800 bits per heavy atom. The van der Waals surface area contributed by atoms with E-state index in [1.807, 2.05) is 6.92 Å². The molecule has 3 heteroatoms. The van der Waals surface area contributed by atoms with Crippen molar-refractivity contribution >= 4 is 5.78 Å². The van der Waals surface area contributed by atoms with Gasteiger partial charge in [0.2, 0.25) is 5.78 Å². The minimum absolute atomic E-state index is 0.773. The van der Waals surface area contributed by atoms with Gasteiger partial charge in [-0.1, -0.05) is 6.07 Å². The first-order valence-corrected chi connectivity index (χ1v) is 6.87. The van der Waals surface area contributed by atoms with E-state index in [0.29, 0.717) is 0 Å². The molecule has 2 heterocycles. The normalized spacial score (nSPS) is 11.2. The van der Waals surface area contributed by atoms with Crippen molar-refractivity contribution in [2.45, 2.75) is 34.6 Å². The smallest absolute Gasteiger partial charge is 0.234 e. The number of nitrogens with zero attached hydrogens (tertiary/aromatic N) is 3. The third-order valence-electron chi connectivity index (χ3n) is 3.88. The molecule has 0 N–H and O–H groups in total. The minimum Gasteiger partial charge on any atom is -0.288 e. The Kier molecular flexibility index (Phi) is 2.85. The number of hydrogen-bond acceptors (Lipinski definition) is 2. The number of hydrogen-bond donors (Lipinski definition) is 0. The maximum absolute atomic E-state index is 4.69. The van der Waals surface area contributed by atoms with Gasteiger partial charge in [-0.3, -0.25) is 4.40 Å². The molecule has 0 spiro atoms. The van der Waals surface area contributed by atoms with E-state index >= 15 is 0 Å². The molecule has 0 saturated carbocycles. The molecule has 0 radical (unpaired) electrons. The van der Waals surface area contributed by atoms with Gasteiger partial charge < -0.3 is 0 Å². The molecule has 0 bridgehead atoms. The van der Waals surface area contributed by atoms with Gasteiger partial charge >= 0.3 is 0 Å². The molecule has 1 aromatic carbocycles. The summed E-state index contributed by atoms with van der Waals surface area (Å²) in [6.45, 7) is 10.5. The Labute approximate surface area is 119 Å². The molecule has 0 fully saturated rings. The number of imidazole rings is 1. The first kappa shape index (κ1) is 12.9. The van der Waals surface area contributed by atoms with E-state index in [9.17, 15) is 0 Å². The van der Waals surface area contributed by atoms with Crippen LogP contribution in [0, 0.1) is 34.6 Å². The monoisotopic (exact) mass is 265 g/mol. The molecule has 0 atom stereocenters. The highest BCUT2D eigenvalue weighted by molar-refractivity contribution is 5.67. The van der Waals surface area contributed by atoms with Gasteiger partial charge in [0.25, 0.3) is 0 Å². The number of aromatic nitrogens is 3. The van der Waals surface area contributed by atoms with E-state index < -0.39 is 0 Å². The van der Waals surface area contributed by atoms with Crippen molar-refractivity contribution in [3.05, 3.63) is 52.5 Å². The van der Waals surface area contributed by atoms with Crippen molar-refractivity contribution in [3.8, 4) is 11.3 Å². The van der Waals surface area contributed by atoms with Crippen LogP contribution in [-0.4, -0.2) is 14.4 Å². The molecule has 0 saturated heterocycles. The molecular weight excluding hydrogens is 246 g/mol. The van der Waals surface area contributed by atoms with Crippen LogP contribution in [0.4, 0.5) is 0 Å². The van der Waals surface area contributed by atoms with Crippen molar-refractivity contribution in [1.29, 1.82) is 0 Å². The molecule has 0 aliphatic carbocycles. The lowest BCUT2D eigenvalue weighted by molar-refractivity contribution is 1.01. The molecule has 3 nitrogen and oxygen atoms in total. The van der Waals surface area contributed by atoms with Crippen molar-refractivity contribution in [2.75, 3.05) is 0 Å². The van der Waals surface area contributed by atoms with Gasteiger partial charge in [0.15, 0.2) is 0 Å². The fourth-order valence-corrected chi connectivity index (χ4v) is 2.64. The van der Waals surface area contributed by atoms with E-state index in [-0.39, 0.29) is 0 Å². The first-order chi connectivity index (χ1) is 9.45. The summed E-state index contributed by atoms with van der Waals surface area (Å²) in [6.07, 6.45) is 2.08. The van der Waals surface area contributed by atoms with E-state index in [4.69, 9.17) is 0 Å². The minimum atomic E-state index is 0.773. The zero-order valence-corrected chi connectivity index (χ0v) is 12.7. The zero-order valence-electron chi connectivity index (χ0n) is 12.7. The Balaban J connectivity index is 2.25. The number of rotatable bonds is 1. The van der Waals surface area contributed by atoms with Crippen LogP contribution >= 0.6 is 0 Å². The van der Waals surface area contributed by atoms with Crippen molar-refractivity contribution in [1.82, 2.24) is 14.4 Å². The van der Waals surface area contributed by atoms with E-state index in [2.05, 4.69) is 66.5 Å². The second-order valence-electron chi connectivity index (χ2n) is 5.59. The Morgan fingerprint density at radius 2 is 1.50 bits per heavy atom. The first-order valence-electron chi connectivity index (χ1n) is 6.87. The zero-order chi connectivity index (χ0) is 14.4. The van der Waals surface area contributed by atoms with E-state index in [1.54, 1.807) is 0 Å².